The third-order valence-electron chi connectivity index (χ3n) is 3.71. The molecule has 5 nitrogen and oxygen atoms in total. The van der Waals surface area contributed by atoms with Crippen LogP contribution in [-0.2, 0) is 0 Å². The van der Waals surface area contributed by atoms with Gasteiger partial charge in [-0.2, -0.15) is 0 Å². The van der Waals surface area contributed by atoms with E-state index in [-0.39, 0.29) is 5.91 Å². The average molecular weight is 262 g/mol. The molecule has 1 aliphatic carbocycles. The van der Waals surface area contributed by atoms with Crippen LogP contribution in [0.25, 0.3) is 0 Å². The largest absolute Gasteiger partial charge is 0.372 e. The lowest BCUT2D eigenvalue weighted by Gasteiger charge is -2.26. The molecule has 0 aliphatic heterocycles. The van der Waals surface area contributed by atoms with Crippen molar-refractivity contribution in [2.45, 2.75) is 32.1 Å². The first kappa shape index (κ1) is 13.8. The van der Waals surface area contributed by atoms with E-state index >= 15 is 0 Å². The van der Waals surface area contributed by atoms with E-state index < -0.39 is 0 Å². The van der Waals surface area contributed by atoms with Crippen LogP contribution in [0.15, 0.2) is 12.4 Å². The summed E-state index contributed by atoms with van der Waals surface area (Å²) in [6.07, 6.45) is 9.53. The molecule has 1 aromatic heterocycles. The summed E-state index contributed by atoms with van der Waals surface area (Å²) in [4.78, 5) is 22.3. The predicted octanol–water partition coefficient (Wildman–Crippen LogP) is 2.17. The maximum Gasteiger partial charge on any atom is 0.273 e. The van der Waals surface area contributed by atoms with Crippen LogP contribution in [0.4, 0.5) is 5.82 Å². The van der Waals surface area contributed by atoms with Gasteiger partial charge < -0.3 is 10.2 Å². The van der Waals surface area contributed by atoms with Gasteiger partial charge in [-0.25, -0.2) is 4.98 Å². The van der Waals surface area contributed by atoms with Crippen LogP contribution < -0.4 is 5.32 Å². The van der Waals surface area contributed by atoms with E-state index in [0.29, 0.717) is 17.4 Å². The van der Waals surface area contributed by atoms with Gasteiger partial charge in [0.2, 0.25) is 0 Å². The van der Waals surface area contributed by atoms with E-state index in [4.69, 9.17) is 0 Å². The fraction of sp³-hybridized carbons (Fsp3) is 0.643. The highest BCUT2D eigenvalue weighted by molar-refractivity contribution is 5.92. The number of carbonyl (C=O) groups is 1. The van der Waals surface area contributed by atoms with Gasteiger partial charge in [-0.1, -0.05) is 19.3 Å². The quantitative estimate of drug-likeness (QED) is 0.903. The number of anilines is 1. The molecule has 1 aliphatic rings. The summed E-state index contributed by atoms with van der Waals surface area (Å²) in [5.74, 6) is 1.22. The number of nitrogens with one attached hydrogen (secondary N) is 1. The number of hydrogen-bond acceptors (Lipinski definition) is 4. The van der Waals surface area contributed by atoms with Gasteiger partial charge in [-0.3, -0.25) is 9.78 Å². The fourth-order valence-electron chi connectivity index (χ4n) is 2.62. The zero-order valence-corrected chi connectivity index (χ0v) is 11.7. The molecule has 1 N–H and O–H groups in total. The maximum absolute atomic E-state index is 12.3. The Kier molecular flexibility index (Phi) is 4.71. The average Bonchev–Trinajstić information content (AvgIpc) is 2.47. The van der Waals surface area contributed by atoms with Gasteiger partial charge in [0.1, 0.15) is 11.5 Å². The molecule has 0 aromatic carbocycles. The second kappa shape index (κ2) is 6.50. The van der Waals surface area contributed by atoms with Gasteiger partial charge in [-0.05, 0) is 18.8 Å². The molecule has 2 rings (SSSR count). The summed E-state index contributed by atoms with van der Waals surface area (Å²) >= 11 is 0. The first-order chi connectivity index (χ1) is 9.20. The molecule has 1 fully saturated rings. The standard InChI is InChI=1S/C14H22N4O/c1-15-13-9-16-8-12(17-13)14(19)18(2)10-11-6-4-3-5-7-11/h8-9,11H,3-7,10H2,1-2H3,(H,15,17). The van der Waals surface area contributed by atoms with E-state index in [1.54, 1.807) is 18.1 Å². The smallest absolute Gasteiger partial charge is 0.273 e. The highest BCUT2D eigenvalue weighted by Gasteiger charge is 2.20. The highest BCUT2D eigenvalue weighted by atomic mass is 16.2. The van der Waals surface area contributed by atoms with E-state index in [9.17, 15) is 4.79 Å². The molecular formula is C14H22N4O. The zero-order valence-electron chi connectivity index (χ0n) is 11.7. The molecule has 1 amide bonds. The minimum atomic E-state index is -0.0461. The summed E-state index contributed by atoms with van der Waals surface area (Å²) in [7, 11) is 3.62. The van der Waals surface area contributed by atoms with Crippen molar-refractivity contribution in [2.75, 3.05) is 26.0 Å². The maximum atomic E-state index is 12.3. The van der Waals surface area contributed by atoms with Crippen molar-refractivity contribution >= 4 is 11.7 Å². The van der Waals surface area contributed by atoms with Crippen molar-refractivity contribution in [1.82, 2.24) is 14.9 Å². The van der Waals surface area contributed by atoms with Crippen molar-refractivity contribution < 1.29 is 4.79 Å². The first-order valence-corrected chi connectivity index (χ1v) is 6.96. The van der Waals surface area contributed by atoms with Gasteiger partial charge in [-0.15, -0.1) is 0 Å². The Balaban J connectivity index is 1.97. The molecule has 19 heavy (non-hydrogen) atoms. The first-order valence-electron chi connectivity index (χ1n) is 6.96. The Bertz CT molecular complexity index is 429. The van der Waals surface area contributed by atoms with Crippen LogP contribution in [0, 0.1) is 5.92 Å². The molecule has 1 aromatic rings. The third-order valence-corrected chi connectivity index (χ3v) is 3.71. The predicted molar refractivity (Wildman–Crippen MR) is 75.1 cm³/mol. The van der Waals surface area contributed by atoms with Crippen LogP contribution in [0.3, 0.4) is 0 Å². The lowest BCUT2D eigenvalue weighted by molar-refractivity contribution is 0.0754. The van der Waals surface area contributed by atoms with E-state index in [0.717, 1.165) is 6.54 Å². The number of carbonyl (C=O) groups excluding carboxylic acids is 1. The number of rotatable bonds is 4. The minimum absolute atomic E-state index is 0.0461. The molecule has 0 unspecified atom stereocenters. The third kappa shape index (κ3) is 3.66. The second-order valence-electron chi connectivity index (χ2n) is 5.23. The van der Waals surface area contributed by atoms with Gasteiger partial charge in [0.15, 0.2) is 0 Å². The van der Waals surface area contributed by atoms with Crippen molar-refractivity contribution in [2.24, 2.45) is 5.92 Å². The number of aromatic nitrogens is 2. The highest BCUT2D eigenvalue weighted by Crippen LogP contribution is 2.24. The summed E-state index contributed by atoms with van der Waals surface area (Å²) < 4.78 is 0. The van der Waals surface area contributed by atoms with E-state index in [1.165, 1.54) is 38.3 Å². The number of nitrogens with zero attached hydrogens (tertiary/aromatic N) is 3. The summed E-state index contributed by atoms with van der Waals surface area (Å²) in [6.45, 7) is 0.824. The van der Waals surface area contributed by atoms with Crippen LogP contribution >= 0.6 is 0 Å². The molecule has 0 spiro atoms. The van der Waals surface area contributed by atoms with Gasteiger partial charge in [0.05, 0.1) is 12.4 Å². The molecule has 104 valence electrons. The monoisotopic (exact) mass is 262 g/mol. The summed E-state index contributed by atoms with van der Waals surface area (Å²) in [6, 6.07) is 0. The van der Waals surface area contributed by atoms with E-state index in [2.05, 4.69) is 15.3 Å². The SMILES string of the molecule is CNc1cncc(C(=O)N(C)CC2CCCCC2)n1. The molecular weight excluding hydrogens is 240 g/mol. The van der Waals surface area contributed by atoms with Crippen molar-refractivity contribution in [3.05, 3.63) is 18.1 Å². The number of amides is 1. The summed E-state index contributed by atoms with van der Waals surface area (Å²) in [5, 5.41) is 2.90. The zero-order chi connectivity index (χ0) is 13.7. The van der Waals surface area contributed by atoms with Gasteiger partial charge >= 0.3 is 0 Å². The van der Waals surface area contributed by atoms with Gasteiger partial charge in [0, 0.05) is 20.6 Å². The van der Waals surface area contributed by atoms with Gasteiger partial charge in [0.25, 0.3) is 5.91 Å². The van der Waals surface area contributed by atoms with Crippen LogP contribution in [-0.4, -0.2) is 41.4 Å². The Morgan fingerprint density at radius 3 is 2.79 bits per heavy atom. The fourth-order valence-corrected chi connectivity index (χ4v) is 2.62. The normalized spacial score (nSPS) is 16.1. The topological polar surface area (TPSA) is 58.1 Å². The molecule has 0 saturated heterocycles. The Hall–Kier alpha value is -1.65. The lowest BCUT2D eigenvalue weighted by atomic mass is 9.89. The Labute approximate surface area is 114 Å². The molecule has 1 saturated carbocycles. The molecule has 1 heterocycles. The van der Waals surface area contributed by atoms with Crippen LogP contribution in [0.1, 0.15) is 42.6 Å². The minimum Gasteiger partial charge on any atom is -0.372 e. The van der Waals surface area contributed by atoms with Crippen molar-refractivity contribution in [3.8, 4) is 0 Å². The molecule has 0 atom stereocenters. The Morgan fingerprint density at radius 1 is 1.37 bits per heavy atom. The van der Waals surface area contributed by atoms with E-state index in [1.807, 2.05) is 7.05 Å². The van der Waals surface area contributed by atoms with Crippen molar-refractivity contribution in [1.29, 1.82) is 0 Å². The van der Waals surface area contributed by atoms with Crippen LogP contribution in [0.5, 0.6) is 0 Å². The molecule has 0 bridgehead atoms. The number of hydrogen-bond donors (Lipinski definition) is 1. The molecule has 0 radical (unpaired) electrons. The van der Waals surface area contributed by atoms with Crippen LogP contribution in [0.2, 0.25) is 0 Å². The Morgan fingerprint density at radius 2 is 2.11 bits per heavy atom. The lowest BCUT2D eigenvalue weighted by Crippen LogP contribution is -2.33. The second-order valence-corrected chi connectivity index (χ2v) is 5.23. The summed E-state index contributed by atoms with van der Waals surface area (Å²) in [5.41, 5.74) is 0.408. The van der Waals surface area contributed by atoms with Crippen molar-refractivity contribution in [3.63, 3.8) is 0 Å². The molecule has 5 heteroatoms.